The van der Waals surface area contributed by atoms with E-state index in [2.05, 4.69) is 56.4 Å². The first-order chi connectivity index (χ1) is 51.5. The molecule has 6 fully saturated rings. The number of nitrogens with zero attached hydrogens (tertiary/aromatic N) is 8. The van der Waals surface area contributed by atoms with Crippen LogP contribution in [0.15, 0.2) is 54.6 Å². The molecule has 35 nitrogen and oxygen atoms in total. The van der Waals surface area contributed by atoms with Gasteiger partial charge >= 0.3 is 63.6 Å². The molecule has 112 heavy (non-hydrogen) atoms. The minimum absolute atomic E-state index is 0. The van der Waals surface area contributed by atoms with Crippen LogP contribution in [0.2, 0.25) is 0 Å². The zero-order valence-electron chi connectivity index (χ0n) is 64.0. The summed E-state index contributed by atoms with van der Waals surface area (Å²) in [6.45, 7) is 26.0. The van der Waals surface area contributed by atoms with Crippen molar-refractivity contribution in [2.24, 2.45) is 5.73 Å². The molecule has 12 rings (SSSR count). The van der Waals surface area contributed by atoms with Crippen molar-refractivity contribution in [1.29, 1.82) is 0 Å². The first-order valence-corrected chi connectivity index (χ1v) is 36.3. The average Bonchev–Trinajstić information content (AvgIpc) is 1.62. The fraction of sp³-hybridized carbons (Fsp3) is 0.548. The van der Waals surface area contributed by atoms with E-state index in [9.17, 15) is 71.9 Å². The van der Waals surface area contributed by atoms with Crippen LogP contribution >= 0.6 is 24.8 Å². The fourth-order valence-electron chi connectivity index (χ4n) is 13.2. The van der Waals surface area contributed by atoms with E-state index in [0.717, 1.165) is 123 Å². The molecule has 9 heterocycles. The van der Waals surface area contributed by atoms with E-state index < -0.39 is 101 Å². The van der Waals surface area contributed by atoms with Crippen LogP contribution in [0.4, 0.5) is 26.7 Å². The minimum atomic E-state index is -0.970. The Morgan fingerprint density at radius 3 is 1.08 bits per heavy atom. The number of hydrogen-bond acceptors (Lipinski definition) is 27. The second kappa shape index (κ2) is 44.0. The number of ether oxygens (including phenoxy) is 5. The minimum Gasteiger partial charge on any atom is -1.00 e. The first-order valence-electron chi connectivity index (χ1n) is 36.3. The van der Waals surface area contributed by atoms with Gasteiger partial charge in [-0.1, -0.05) is 0 Å². The van der Waals surface area contributed by atoms with E-state index in [1.807, 2.05) is 39.0 Å². The van der Waals surface area contributed by atoms with E-state index in [0.29, 0.717) is 81.2 Å². The molecule has 3 unspecified atom stereocenters. The van der Waals surface area contributed by atoms with Gasteiger partial charge in [-0.05, 0) is 115 Å². The van der Waals surface area contributed by atoms with Gasteiger partial charge < -0.3 is 69.6 Å². The smallest absolute Gasteiger partial charge is 1.00 e. The number of fused-ring (bicyclic) bond motifs is 3. The van der Waals surface area contributed by atoms with Gasteiger partial charge in [0.2, 0.25) is 35.4 Å². The number of aldehydes is 1. The van der Waals surface area contributed by atoms with Crippen molar-refractivity contribution in [3.63, 3.8) is 0 Å². The van der Waals surface area contributed by atoms with Crippen LogP contribution in [0.3, 0.4) is 0 Å². The predicted molar refractivity (Wildman–Crippen MR) is 402 cm³/mol. The molecule has 0 radical (unpaired) electrons. The Bertz CT molecular complexity index is 3920. The molecule has 0 aliphatic carbocycles. The summed E-state index contributed by atoms with van der Waals surface area (Å²) < 4.78 is 26.0. The van der Waals surface area contributed by atoms with Crippen LogP contribution in [0.5, 0.6) is 0 Å². The second-order valence-electron chi connectivity index (χ2n) is 28.5. The molecule has 0 spiro atoms. The molecular formula is C73H99Cl2FKN15O20. The van der Waals surface area contributed by atoms with Gasteiger partial charge in [-0.3, -0.25) is 98.0 Å². The van der Waals surface area contributed by atoms with Crippen LogP contribution < -0.4 is 108 Å². The molecular weight excluding hydrogens is 1540 g/mol. The molecule has 0 aromatic heterocycles. The molecule has 8 N–H and O–H groups in total. The van der Waals surface area contributed by atoms with Gasteiger partial charge in [-0.25, -0.2) is 9.59 Å². The van der Waals surface area contributed by atoms with Gasteiger partial charge in [0.05, 0.1) is 66.4 Å². The number of halogens is 3. The number of carbonyl (C=O) groups is 15. The summed E-state index contributed by atoms with van der Waals surface area (Å²) in [5, 5.41) is 15.0. The Labute approximate surface area is 702 Å². The Kier molecular flexibility index (Phi) is 37.2. The third-order valence-electron chi connectivity index (χ3n) is 18.6. The number of nitrogens with one attached hydrogen (secondary N) is 6. The number of anilines is 3. The standard InChI is InChI=1S/C26H35N5O7.C21H27N5O5.C17H18N4O4.C9H17NO4.2ClH.FH.K/c1-26(2,3)38-25(36)27-8-14-37-15-13-29-9-11-30(12-10-29)17-4-5-18-19(16-17)24(35)31(23(18)34)20-6-7-21(32)28-22(20)33;22-5-11-31-12-10-24-6-8-25(9-7-24)14-1-2-15-16(13-14)21(30)26(20(15)29)17-3-4-18(27)23-19(17)28;22-14-4-3-13(15(23)19-14)21-16(24)11-2-1-10(9-12(11)17(21)25)20-7-5-18-6-8-20;1-9(2,3)14-8(12)10-4-6-13-7-5-11;;;;/h4-5,16,20H,6-15H2,1-3H3,(H,27,36)(H,28,32,33);1-2,13,17H,3-12,22H2,(H,23,27,28);1-2,9,13,18H,3-8H2,(H,19,22,23);5H,4,6-7H2,1-3H3,(H,10,12);3*1H;/q;;;;;;;+1/p-1. The zero-order chi connectivity index (χ0) is 78.0. The number of hydrogen-bond donors (Lipinski definition) is 7. The number of imide groups is 6. The Hall–Kier alpha value is -8.02. The third-order valence-corrected chi connectivity index (χ3v) is 18.6. The molecule has 14 amide bonds. The van der Waals surface area contributed by atoms with Crippen LogP contribution in [0.1, 0.15) is 142 Å². The number of rotatable bonds is 22. The Balaban J connectivity index is 0.000000276. The molecule has 0 saturated carbocycles. The summed E-state index contributed by atoms with van der Waals surface area (Å²) in [6, 6.07) is 12.8. The van der Waals surface area contributed by atoms with Crippen molar-refractivity contribution in [2.75, 3.05) is 166 Å². The van der Waals surface area contributed by atoms with Crippen molar-refractivity contribution in [2.45, 2.75) is 109 Å². The maximum absolute atomic E-state index is 13.1. The van der Waals surface area contributed by atoms with Crippen LogP contribution in [-0.4, -0.2) is 294 Å². The van der Waals surface area contributed by atoms with E-state index in [1.54, 1.807) is 57.2 Å². The predicted octanol–water partition coefficient (Wildman–Crippen LogP) is -4.99. The first kappa shape index (κ1) is 94.6. The van der Waals surface area contributed by atoms with Crippen molar-refractivity contribution < 1.29 is 152 Å². The van der Waals surface area contributed by atoms with Gasteiger partial charge in [0.25, 0.3) is 35.4 Å². The summed E-state index contributed by atoms with van der Waals surface area (Å²) >= 11 is 0. The van der Waals surface area contributed by atoms with Crippen LogP contribution in [0, 0.1) is 0 Å². The molecule has 3 atom stereocenters. The van der Waals surface area contributed by atoms with E-state index in [-0.39, 0.29) is 149 Å². The maximum Gasteiger partial charge on any atom is 1.00 e. The summed E-state index contributed by atoms with van der Waals surface area (Å²) in [5.41, 5.74) is 8.83. The SMILES string of the molecule is CC(C)(C)OC(=O)NCCOCC=O.CC(C)(C)OC(=O)NCCOCCN1CCN(c2ccc3c(c2)C(=O)N(C2CCC(=O)NC2=O)C3=O)CC1.Cl.Cl.NCCOCCN1CCN(c2ccc3c(c2)C(=O)N(C2CCC(=O)NC2=O)C3=O)CC1.O=C1CCC(N2C(=O)c3ccc(N4CCNCC4)cc3C2=O)C(=O)N1.[F-].[K+]. The maximum atomic E-state index is 13.1. The van der Waals surface area contributed by atoms with E-state index in [4.69, 9.17) is 29.4 Å². The second-order valence-corrected chi connectivity index (χ2v) is 28.5. The largest absolute Gasteiger partial charge is 1.00 e. The van der Waals surface area contributed by atoms with Gasteiger partial charge in [-0.15, -0.1) is 24.8 Å². The number of piperazine rings is 3. The van der Waals surface area contributed by atoms with Crippen molar-refractivity contribution in [3.8, 4) is 0 Å². The number of amides is 14. The number of nitrogens with two attached hydrogens (primary N) is 1. The summed E-state index contributed by atoms with van der Waals surface area (Å²) in [6.07, 6.45) is 0.494. The van der Waals surface area contributed by atoms with Crippen molar-refractivity contribution in [1.82, 2.24) is 56.4 Å². The van der Waals surface area contributed by atoms with Gasteiger partial charge in [-0.2, -0.15) is 0 Å². The van der Waals surface area contributed by atoms with Gasteiger partial charge in [0.1, 0.15) is 42.2 Å². The molecule has 0 bridgehead atoms. The molecule has 9 aliphatic rings. The normalized spacial score (nSPS) is 19.7. The van der Waals surface area contributed by atoms with Crippen LogP contribution in [-0.2, 0) is 57.2 Å². The molecule has 608 valence electrons. The zero-order valence-corrected chi connectivity index (χ0v) is 68.8. The summed E-state index contributed by atoms with van der Waals surface area (Å²) in [4.78, 5) is 194. The number of piperidine rings is 3. The molecule has 3 aromatic rings. The Morgan fingerprint density at radius 1 is 0.455 bits per heavy atom. The number of alkyl carbamates (subject to hydrolysis) is 2. The van der Waals surface area contributed by atoms with Gasteiger partial charge in [0, 0.05) is 148 Å². The van der Waals surface area contributed by atoms with E-state index >= 15 is 0 Å². The summed E-state index contributed by atoms with van der Waals surface area (Å²) in [7, 11) is 0. The molecule has 3 aromatic carbocycles. The van der Waals surface area contributed by atoms with Crippen LogP contribution in [0.25, 0.3) is 0 Å². The summed E-state index contributed by atoms with van der Waals surface area (Å²) in [5.74, 6) is -5.87. The number of benzene rings is 3. The van der Waals surface area contributed by atoms with Gasteiger partial charge in [0.15, 0.2) is 0 Å². The molecule has 6 saturated heterocycles. The van der Waals surface area contributed by atoms with E-state index in [1.165, 1.54) is 0 Å². The average molecular weight is 1640 g/mol. The fourth-order valence-corrected chi connectivity index (χ4v) is 13.2. The number of carbonyl (C=O) groups excluding carboxylic acids is 15. The van der Waals surface area contributed by atoms with Crippen molar-refractivity contribution >= 4 is 131 Å². The van der Waals surface area contributed by atoms with Crippen molar-refractivity contribution in [3.05, 3.63) is 88.0 Å². The quantitative estimate of drug-likeness (QED) is 0.0214. The Morgan fingerprint density at radius 2 is 0.768 bits per heavy atom. The molecule has 39 heteroatoms. The monoisotopic (exact) mass is 1630 g/mol. The molecule has 9 aliphatic heterocycles. The topological polar surface area (TPSA) is 426 Å². The third kappa shape index (κ3) is 25.5.